The zero-order chi connectivity index (χ0) is 23.0. The molecule has 0 bridgehead atoms. The number of hydrogen-bond donors (Lipinski definition) is 1. The highest BCUT2D eigenvalue weighted by Gasteiger charge is 2.40. The molecule has 1 N–H and O–H groups in total. The number of hydrogen-bond acceptors (Lipinski definition) is 7. The van der Waals surface area contributed by atoms with Gasteiger partial charge in [0.25, 0.3) is 0 Å². The molecule has 7 nitrogen and oxygen atoms in total. The number of nitrogens with zero attached hydrogens (tertiary/aromatic N) is 5. The number of fused-ring (bicyclic) bond motifs is 1. The van der Waals surface area contributed by atoms with E-state index < -0.39 is 0 Å². The minimum Gasteiger partial charge on any atom is -0.379 e. The summed E-state index contributed by atoms with van der Waals surface area (Å²) in [5.74, 6) is 1.65. The minimum absolute atomic E-state index is 0.126. The molecule has 1 unspecified atom stereocenters. The number of nitrogens with one attached hydrogen (secondary N) is 1. The summed E-state index contributed by atoms with van der Waals surface area (Å²) in [6, 6.07) is 8.36. The van der Waals surface area contributed by atoms with Gasteiger partial charge in [0, 0.05) is 47.8 Å². The Morgan fingerprint density at radius 2 is 1.94 bits per heavy atom. The fourth-order valence-electron chi connectivity index (χ4n) is 5.02. The monoisotopic (exact) mass is 510 g/mol. The van der Waals surface area contributed by atoms with E-state index in [0.717, 1.165) is 78.3 Å². The molecule has 1 atom stereocenters. The lowest BCUT2D eigenvalue weighted by atomic mass is 9.98. The standard InChI is InChI=1S/C25H31BrN6O/c1-17-4-6-27-20(12-17)15-28-24-29-22-18(2)13-19(26)14-21(22)23(30-24)31-7-5-25(3,16-31)32-8-10-33-11-9-32/h4,6,12-14H,5,7-11,15-16H2,1-3H3,(H,28,29,30). The summed E-state index contributed by atoms with van der Waals surface area (Å²) in [5.41, 5.74) is 4.43. The van der Waals surface area contributed by atoms with Gasteiger partial charge in [0.15, 0.2) is 0 Å². The molecular formula is C25H31BrN6O. The highest BCUT2D eigenvalue weighted by molar-refractivity contribution is 9.10. The van der Waals surface area contributed by atoms with Crippen LogP contribution in [-0.4, -0.2) is 64.8 Å². The van der Waals surface area contributed by atoms with Crippen LogP contribution >= 0.6 is 15.9 Å². The molecule has 4 heterocycles. The van der Waals surface area contributed by atoms with Crippen molar-refractivity contribution in [1.29, 1.82) is 0 Å². The van der Waals surface area contributed by atoms with Gasteiger partial charge in [0.1, 0.15) is 5.82 Å². The number of morpholine rings is 1. The molecule has 2 aromatic heterocycles. The van der Waals surface area contributed by atoms with E-state index in [1.165, 1.54) is 5.56 Å². The van der Waals surface area contributed by atoms with E-state index in [-0.39, 0.29) is 5.54 Å². The van der Waals surface area contributed by atoms with Crippen molar-refractivity contribution >= 4 is 38.6 Å². The molecule has 1 aromatic carbocycles. The number of aromatic nitrogens is 3. The van der Waals surface area contributed by atoms with Gasteiger partial charge in [0.05, 0.1) is 31.0 Å². The lowest BCUT2D eigenvalue weighted by Gasteiger charge is -2.40. The maximum absolute atomic E-state index is 5.59. The van der Waals surface area contributed by atoms with Gasteiger partial charge >= 0.3 is 0 Å². The zero-order valence-electron chi connectivity index (χ0n) is 19.6. The topological polar surface area (TPSA) is 66.4 Å². The number of halogens is 1. The third kappa shape index (κ3) is 4.69. The zero-order valence-corrected chi connectivity index (χ0v) is 21.2. The number of aryl methyl sites for hydroxylation is 2. The van der Waals surface area contributed by atoms with Crippen molar-refractivity contribution in [2.45, 2.75) is 39.3 Å². The number of ether oxygens (including phenoxy) is 1. The van der Waals surface area contributed by atoms with Gasteiger partial charge in [-0.1, -0.05) is 15.9 Å². The molecule has 2 saturated heterocycles. The molecular weight excluding hydrogens is 480 g/mol. The molecule has 3 aromatic rings. The van der Waals surface area contributed by atoms with Crippen LogP contribution in [0.5, 0.6) is 0 Å². The Kier molecular flexibility index (Phi) is 6.24. The van der Waals surface area contributed by atoms with Gasteiger partial charge < -0.3 is 15.0 Å². The highest BCUT2D eigenvalue weighted by Crippen LogP contribution is 2.36. The first-order chi connectivity index (χ1) is 15.9. The third-order valence-corrected chi connectivity index (χ3v) is 7.32. The van der Waals surface area contributed by atoms with Crippen LogP contribution in [0.2, 0.25) is 0 Å². The van der Waals surface area contributed by atoms with Crippen LogP contribution < -0.4 is 10.2 Å². The molecule has 2 aliphatic heterocycles. The maximum atomic E-state index is 5.59. The van der Waals surface area contributed by atoms with Gasteiger partial charge in [-0.05, 0) is 62.6 Å². The second-order valence-electron chi connectivity index (χ2n) is 9.44. The predicted molar refractivity (Wildman–Crippen MR) is 136 cm³/mol. The van der Waals surface area contributed by atoms with E-state index in [1.807, 2.05) is 12.3 Å². The smallest absolute Gasteiger partial charge is 0.225 e. The lowest BCUT2D eigenvalue weighted by molar-refractivity contribution is -0.00887. The summed E-state index contributed by atoms with van der Waals surface area (Å²) in [5, 5.41) is 4.51. The molecule has 33 heavy (non-hydrogen) atoms. The van der Waals surface area contributed by atoms with Crippen LogP contribution in [0.25, 0.3) is 10.9 Å². The number of rotatable bonds is 5. The molecule has 0 radical (unpaired) electrons. The average molecular weight is 511 g/mol. The quantitative estimate of drug-likeness (QED) is 0.548. The number of anilines is 2. The summed E-state index contributed by atoms with van der Waals surface area (Å²) >= 11 is 3.68. The number of benzene rings is 1. The van der Waals surface area contributed by atoms with Crippen LogP contribution in [0.4, 0.5) is 11.8 Å². The van der Waals surface area contributed by atoms with E-state index in [9.17, 15) is 0 Å². The SMILES string of the molecule is Cc1ccnc(CNc2nc(N3CCC(C)(N4CCOCC4)C3)c3cc(Br)cc(C)c3n2)c1. The molecule has 0 spiro atoms. The molecule has 5 rings (SSSR count). The summed E-state index contributed by atoms with van der Waals surface area (Å²) in [6.07, 6.45) is 2.96. The molecule has 0 amide bonds. The van der Waals surface area contributed by atoms with E-state index in [2.05, 4.69) is 75.0 Å². The first kappa shape index (κ1) is 22.5. The summed E-state index contributed by atoms with van der Waals surface area (Å²) in [7, 11) is 0. The second kappa shape index (κ2) is 9.16. The molecule has 0 aliphatic carbocycles. The Morgan fingerprint density at radius 3 is 2.73 bits per heavy atom. The summed E-state index contributed by atoms with van der Waals surface area (Å²) in [6.45, 7) is 12.7. The Bertz CT molecular complexity index is 1170. The minimum atomic E-state index is 0.126. The summed E-state index contributed by atoms with van der Waals surface area (Å²) in [4.78, 5) is 19.4. The highest BCUT2D eigenvalue weighted by atomic mass is 79.9. The van der Waals surface area contributed by atoms with Gasteiger partial charge in [0.2, 0.25) is 5.95 Å². The van der Waals surface area contributed by atoms with Gasteiger partial charge in [-0.15, -0.1) is 0 Å². The van der Waals surface area contributed by atoms with Crippen LogP contribution in [0.3, 0.4) is 0 Å². The predicted octanol–water partition coefficient (Wildman–Crippen LogP) is 4.32. The van der Waals surface area contributed by atoms with Crippen LogP contribution in [0, 0.1) is 13.8 Å². The van der Waals surface area contributed by atoms with E-state index >= 15 is 0 Å². The average Bonchev–Trinajstić information content (AvgIpc) is 3.21. The fourth-order valence-corrected chi connectivity index (χ4v) is 5.59. The fraction of sp³-hybridized carbons (Fsp3) is 0.480. The Labute approximate surface area is 203 Å². The molecule has 0 saturated carbocycles. The van der Waals surface area contributed by atoms with E-state index in [0.29, 0.717) is 12.5 Å². The van der Waals surface area contributed by atoms with Crippen molar-refractivity contribution in [1.82, 2.24) is 19.9 Å². The molecule has 174 valence electrons. The molecule has 2 aliphatic rings. The number of pyridine rings is 1. The Morgan fingerprint density at radius 1 is 1.12 bits per heavy atom. The summed E-state index contributed by atoms with van der Waals surface area (Å²) < 4.78 is 6.64. The second-order valence-corrected chi connectivity index (χ2v) is 10.4. The normalized spacial score (nSPS) is 21.6. The van der Waals surface area contributed by atoms with Crippen molar-refractivity contribution in [2.75, 3.05) is 49.6 Å². The lowest BCUT2D eigenvalue weighted by Crippen LogP contribution is -2.53. The van der Waals surface area contributed by atoms with Gasteiger partial charge in [-0.2, -0.15) is 4.98 Å². The van der Waals surface area contributed by atoms with Crippen molar-refractivity contribution in [3.8, 4) is 0 Å². The largest absolute Gasteiger partial charge is 0.379 e. The van der Waals surface area contributed by atoms with Crippen LogP contribution in [0.1, 0.15) is 30.2 Å². The van der Waals surface area contributed by atoms with Crippen molar-refractivity contribution in [3.63, 3.8) is 0 Å². The van der Waals surface area contributed by atoms with Gasteiger partial charge in [-0.3, -0.25) is 9.88 Å². The third-order valence-electron chi connectivity index (χ3n) is 6.86. The van der Waals surface area contributed by atoms with E-state index in [4.69, 9.17) is 14.7 Å². The first-order valence-electron chi connectivity index (χ1n) is 11.6. The van der Waals surface area contributed by atoms with Crippen LogP contribution in [0.15, 0.2) is 34.9 Å². The first-order valence-corrected chi connectivity index (χ1v) is 12.4. The maximum Gasteiger partial charge on any atom is 0.225 e. The van der Waals surface area contributed by atoms with Crippen molar-refractivity contribution in [2.24, 2.45) is 0 Å². The van der Waals surface area contributed by atoms with Gasteiger partial charge in [-0.25, -0.2) is 4.98 Å². The molecule has 2 fully saturated rings. The van der Waals surface area contributed by atoms with E-state index in [1.54, 1.807) is 0 Å². The molecule has 8 heteroatoms. The van der Waals surface area contributed by atoms with Crippen LogP contribution in [-0.2, 0) is 11.3 Å². The Hall–Kier alpha value is -2.29. The van der Waals surface area contributed by atoms with Crippen molar-refractivity contribution in [3.05, 3.63) is 51.8 Å². The van der Waals surface area contributed by atoms with Crippen molar-refractivity contribution < 1.29 is 4.74 Å². The Balaban J connectivity index is 1.47.